The van der Waals surface area contributed by atoms with Crippen LogP contribution in [-0.2, 0) is 4.79 Å². The molecule has 0 amide bonds. The highest BCUT2D eigenvalue weighted by molar-refractivity contribution is 5.67. The number of nitrogens with zero attached hydrogens (tertiary/aromatic N) is 2. The van der Waals surface area contributed by atoms with Gasteiger partial charge in [-0.1, -0.05) is 0 Å². The lowest BCUT2D eigenvalue weighted by molar-refractivity contribution is -0.385. The van der Waals surface area contributed by atoms with Crippen molar-refractivity contribution in [3.05, 3.63) is 27.9 Å². The van der Waals surface area contributed by atoms with Gasteiger partial charge in [-0.15, -0.1) is 0 Å². The molecule has 1 heterocycles. The molecule has 1 aromatic heterocycles. The Hall–Kier alpha value is -2.18. The quantitative estimate of drug-likeness (QED) is 0.575. The highest BCUT2D eigenvalue weighted by Gasteiger charge is 2.09. The fourth-order valence-corrected chi connectivity index (χ4v) is 1.13. The summed E-state index contributed by atoms with van der Waals surface area (Å²) < 4.78 is 0. The van der Waals surface area contributed by atoms with Crippen LogP contribution in [0.1, 0.15) is 12.0 Å². The number of anilines is 1. The van der Waals surface area contributed by atoms with Gasteiger partial charge in [0, 0.05) is 12.6 Å². The van der Waals surface area contributed by atoms with Crippen LogP contribution in [0.5, 0.6) is 0 Å². The van der Waals surface area contributed by atoms with E-state index in [2.05, 4.69) is 10.3 Å². The molecule has 7 heteroatoms. The van der Waals surface area contributed by atoms with E-state index in [1.54, 1.807) is 6.92 Å². The van der Waals surface area contributed by atoms with Crippen molar-refractivity contribution in [3.63, 3.8) is 0 Å². The van der Waals surface area contributed by atoms with E-state index in [0.29, 0.717) is 11.4 Å². The summed E-state index contributed by atoms with van der Waals surface area (Å²) in [6.07, 6.45) is 1.11. The van der Waals surface area contributed by atoms with E-state index in [9.17, 15) is 14.9 Å². The van der Waals surface area contributed by atoms with Crippen molar-refractivity contribution in [2.75, 3.05) is 11.9 Å². The van der Waals surface area contributed by atoms with Crippen LogP contribution in [0.2, 0.25) is 0 Å². The summed E-state index contributed by atoms with van der Waals surface area (Å²) >= 11 is 0. The van der Waals surface area contributed by atoms with Crippen LogP contribution < -0.4 is 5.32 Å². The summed E-state index contributed by atoms with van der Waals surface area (Å²) in [6, 6.07) is 1.39. The van der Waals surface area contributed by atoms with E-state index in [4.69, 9.17) is 5.11 Å². The SMILES string of the molecule is Cc1cc([N+](=O)[O-])cnc1NCCC(=O)O. The van der Waals surface area contributed by atoms with Crippen molar-refractivity contribution in [2.24, 2.45) is 0 Å². The number of hydrogen-bond acceptors (Lipinski definition) is 5. The summed E-state index contributed by atoms with van der Waals surface area (Å²) in [5, 5.41) is 21.7. The number of carboxylic acids is 1. The number of aliphatic carboxylic acids is 1. The average Bonchev–Trinajstić information content (AvgIpc) is 2.19. The maximum Gasteiger partial charge on any atom is 0.305 e. The van der Waals surface area contributed by atoms with E-state index in [1.165, 1.54) is 6.07 Å². The second kappa shape index (κ2) is 5.06. The minimum absolute atomic E-state index is 0.0297. The molecule has 1 rings (SSSR count). The van der Waals surface area contributed by atoms with Gasteiger partial charge in [0.15, 0.2) is 0 Å². The predicted octanol–water partition coefficient (Wildman–Crippen LogP) is 1.18. The number of aromatic nitrogens is 1. The van der Waals surface area contributed by atoms with Gasteiger partial charge >= 0.3 is 5.97 Å². The first kappa shape index (κ1) is 11.9. The summed E-state index contributed by atoms with van der Waals surface area (Å²) in [7, 11) is 0. The van der Waals surface area contributed by atoms with Crippen molar-refractivity contribution in [1.82, 2.24) is 4.98 Å². The molecule has 0 aliphatic carbocycles. The van der Waals surface area contributed by atoms with Crippen LogP contribution in [0.15, 0.2) is 12.3 Å². The standard InChI is InChI=1S/C9H11N3O4/c1-6-4-7(12(15)16)5-11-9(6)10-3-2-8(13)14/h4-5H,2-3H2,1H3,(H,10,11)(H,13,14). The first-order chi connectivity index (χ1) is 7.50. The number of aryl methyl sites for hydroxylation is 1. The third-order valence-corrected chi connectivity index (χ3v) is 1.91. The molecule has 0 bridgehead atoms. The monoisotopic (exact) mass is 225 g/mol. The number of hydrogen-bond donors (Lipinski definition) is 2. The number of nitro groups is 1. The molecule has 2 N–H and O–H groups in total. The van der Waals surface area contributed by atoms with Crippen molar-refractivity contribution in [1.29, 1.82) is 0 Å². The Morgan fingerprint density at radius 2 is 2.38 bits per heavy atom. The van der Waals surface area contributed by atoms with E-state index in [0.717, 1.165) is 6.20 Å². The molecule has 86 valence electrons. The van der Waals surface area contributed by atoms with Gasteiger partial charge in [0.2, 0.25) is 0 Å². The average molecular weight is 225 g/mol. The van der Waals surface area contributed by atoms with Crippen molar-refractivity contribution >= 4 is 17.5 Å². The zero-order valence-corrected chi connectivity index (χ0v) is 8.64. The van der Waals surface area contributed by atoms with Gasteiger partial charge in [0.05, 0.1) is 11.3 Å². The summed E-state index contributed by atoms with van der Waals surface area (Å²) in [4.78, 5) is 24.0. The Morgan fingerprint density at radius 3 is 2.88 bits per heavy atom. The molecule has 0 aliphatic heterocycles. The zero-order chi connectivity index (χ0) is 12.1. The molecule has 1 aromatic rings. The highest BCUT2D eigenvalue weighted by Crippen LogP contribution is 2.17. The lowest BCUT2D eigenvalue weighted by atomic mass is 10.2. The Kier molecular flexibility index (Phi) is 3.76. The van der Waals surface area contributed by atoms with Crippen LogP contribution in [0, 0.1) is 17.0 Å². The molecule has 0 unspecified atom stereocenters. The molecule has 0 saturated heterocycles. The Balaban J connectivity index is 2.68. The number of pyridine rings is 1. The van der Waals surface area contributed by atoms with Gasteiger partial charge in [-0.2, -0.15) is 0 Å². The Bertz CT molecular complexity index is 419. The van der Waals surface area contributed by atoms with E-state index in [-0.39, 0.29) is 18.7 Å². The van der Waals surface area contributed by atoms with Crippen molar-refractivity contribution in [2.45, 2.75) is 13.3 Å². The third kappa shape index (κ3) is 3.19. The maximum atomic E-state index is 10.4. The van der Waals surface area contributed by atoms with Crippen LogP contribution >= 0.6 is 0 Å². The van der Waals surface area contributed by atoms with Gasteiger partial charge in [0.1, 0.15) is 12.0 Å². The molecule has 16 heavy (non-hydrogen) atoms. The maximum absolute atomic E-state index is 10.4. The summed E-state index contributed by atoms with van der Waals surface area (Å²) in [6.45, 7) is 1.91. The number of nitrogens with one attached hydrogen (secondary N) is 1. The normalized spacial score (nSPS) is 9.81. The van der Waals surface area contributed by atoms with Gasteiger partial charge in [0.25, 0.3) is 5.69 Å². The van der Waals surface area contributed by atoms with Crippen LogP contribution in [0.25, 0.3) is 0 Å². The number of rotatable bonds is 5. The van der Waals surface area contributed by atoms with Gasteiger partial charge in [-0.05, 0) is 12.5 Å². The molecule has 0 spiro atoms. The first-order valence-corrected chi connectivity index (χ1v) is 4.57. The molecule has 0 saturated carbocycles. The molecular formula is C9H11N3O4. The molecule has 0 radical (unpaired) electrons. The fraction of sp³-hybridized carbons (Fsp3) is 0.333. The van der Waals surface area contributed by atoms with Crippen molar-refractivity contribution < 1.29 is 14.8 Å². The minimum atomic E-state index is -0.910. The third-order valence-electron chi connectivity index (χ3n) is 1.91. The Labute approximate surface area is 91.3 Å². The molecule has 0 aliphatic rings. The molecular weight excluding hydrogens is 214 g/mol. The first-order valence-electron chi connectivity index (χ1n) is 4.57. The van der Waals surface area contributed by atoms with E-state index in [1.807, 2.05) is 0 Å². The van der Waals surface area contributed by atoms with E-state index < -0.39 is 10.9 Å². The topological polar surface area (TPSA) is 105 Å². The highest BCUT2D eigenvalue weighted by atomic mass is 16.6. The van der Waals surface area contributed by atoms with Crippen LogP contribution in [0.4, 0.5) is 11.5 Å². The van der Waals surface area contributed by atoms with Gasteiger partial charge in [-0.3, -0.25) is 14.9 Å². The second-order valence-corrected chi connectivity index (χ2v) is 3.19. The van der Waals surface area contributed by atoms with Crippen LogP contribution in [0.3, 0.4) is 0 Å². The number of carboxylic acid groups (broad SMARTS) is 1. The predicted molar refractivity (Wildman–Crippen MR) is 56.4 cm³/mol. The largest absolute Gasteiger partial charge is 0.481 e. The molecule has 7 nitrogen and oxygen atoms in total. The van der Waals surface area contributed by atoms with E-state index >= 15 is 0 Å². The van der Waals surface area contributed by atoms with Gasteiger partial charge in [-0.25, -0.2) is 4.98 Å². The molecule has 0 aromatic carbocycles. The van der Waals surface area contributed by atoms with Crippen molar-refractivity contribution in [3.8, 4) is 0 Å². The zero-order valence-electron chi connectivity index (χ0n) is 8.64. The number of carbonyl (C=O) groups is 1. The molecule has 0 atom stereocenters. The lowest BCUT2D eigenvalue weighted by Gasteiger charge is -2.06. The lowest BCUT2D eigenvalue weighted by Crippen LogP contribution is -2.09. The second-order valence-electron chi connectivity index (χ2n) is 3.19. The molecule has 0 fully saturated rings. The van der Waals surface area contributed by atoms with Crippen LogP contribution in [-0.4, -0.2) is 27.5 Å². The summed E-state index contributed by atoms with van der Waals surface area (Å²) in [5.41, 5.74) is 0.529. The minimum Gasteiger partial charge on any atom is -0.481 e. The fourth-order valence-electron chi connectivity index (χ4n) is 1.13. The smallest absolute Gasteiger partial charge is 0.305 e. The summed E-state index contributed by atoms with van der Waals surface area (Å²) in [5.74, 6) is -0.445. The van der Waals surface area contributed by atoms with Gasteiger partial charge < -0.3 is 10.4 Å². The Morgan fingerprint density at radius 1 is 1.69 bits per heavy atom.